The van der Waals surface area contributed by atoms with Crippen molar-refractivity contribution in [3.8, 4) is 5.75 Å². The molecule has 0 saturated heterocycles. The van der Waals surface area contributed by atoms with E-state index in [-0.39, 0.29) is 17.1 Å². The van der Waals surface area contributed by atoms with Crippen molar-refractivity contribution in [2.75, 3.05) is 11.9 Å². The fourth-order valence-corrected chi connectivity index (χ4v) is 2.54. The number of phenols is 1. The van der Waals surface area contributed by atoms with Crippen LogP contribution in [0.25, 0.3) is 11.2 Å². The fraction of sp³-hybridized carbons (Fsp3) is 0.312. The molecule has 3 rings (SSSR count). The summed E-state index contributed by atoms with van der Waals surface area (Å²) in [5.41, 5.74) is 2.57. The first-order chi connectivity index (χ1) is 11.0. The van der Waals surface area contributed by atoms with E-state index in [2.05, 4.69) is 34.1 Å². The van der Waals surface area contributed by atoms with Gasteiger partial charge in [0.05, 0.1) is 6.33 Å². The van der Waals surface area contributed by atoms with E-state index in [1.54, 1.807) is 18.5 Å². The predicted octanol–water partition coefficient (Wildman–Crippen LogP) is 3.42. The van der Waals surface area contributed by atoms with Gasteiger partial charge in [-0.15, -0.1) is 0 Å². The zero-order valence-corrected chi connectivity index (χ0v) is 13.7. The van der Waals surface area contributed by atoms with Gasteiger partial charge in [0.15, 0.2) is 17.0 Å². The standard InChI is InChI=1S/C16H18ClN5O/c1-10(2)22-9-19-13-14(20-16(17)21-15(13)22)18-8-7-11-3-5-12(23)6-4-11/h3-6,9-10,23H,7-8H2,1-2H3,(H,18,20,21). The van der Waals surface area contributed by atoms with Gasteiger partial charge in [0, 0.05) is 12.6 Å². The first-order valence-electron chi connectivity index (χ1n) is 7.46. The quantitative estimate of drug-likeness (QED) is 0.701. The van der Waals surface area contributed by atoms with Gasteiger partial charge in [-0.05, 0) is 49.6 Å². The third-order valence-electron chi connectivity index (χ3n) is 3.59. The van der Waals surface area contributed by atoms with Crippen LogP contribution in [-0.4, -0.2) is 31.2 Å². The van der Waals surface area contributed by atoms with Crippen LogP contribution in [0.2, 0.25) is 5.28 Å². The number of nitrogens with zero attached hydrogens (tertiary/aromatic N) is 4. The van der Waals surface area contributed by atoms with E-state index in [4.69, 9.17) is 11.6 Å². The molecule has 0 aliphatic heterocycles. The fourth-order valence-electron chi connectivity index (χ4n) is 2.38. The Hall–Kier alpha value is -2.34. The summed E-state index contributed by atoms with van der Waals surface area (Å²) >= 11 is 6.04. The minimum absolute atomic E-state index is 0.201. The zero-order chi connectivity index (χ0) is 16.4. The van der Waals surface area contributed by atoms with Gasteiger partial charge >= 0.3 is 0 Å². The number of halogens is 1. The number of phenolic OH excluding ortho intramolecular Hbond substituents is 1. The van der Waals surface area contributed by atoms with Gasteiger partial charge in [0.1, 0.15) is 5.75 Å². The van der Waals surface area contributed by atoms with Crippen molar-refractivity contribution < 1.29 is 5.11 Å². The number of benzene rings is 1. The van der Waals surface area contributed by atoms with Crippen LogP contribution in [0.1, 0.15) is 25.5 Å². The molecule has 0 bridgehead atoms. The molecule has 0 atom stereocenters. The van der Waals surface area contributed by atoms with E-state index in [1.165, 1.54) is 0 Å². The Morgan fingerprint density at radius 2 is 1.96 bits per heavy atom. The Kier molecular flexibility index (Phi) is 4.34. The highest BCUT2D eigenvalue weighted by Gasteiger charge is 2.13. The van der Waals surface area contributed by atoms with Crippen molar-refractivity contribution in [1.82, 2.24) is 19.5 Å². The smallest absolute Gasteiger partial charge is 0.226 e. The molecule has 0 spiro atoms. The summed E-state index contributed by atoms with van der Waals surface area (Å²) in [5.74, 6) is 0.906. The number of fused-ring (bicyclic) bond motifs is 1. The lowest BCUT2D eigenvalue weighted by atomic mass is 10.1. The molecule has 0 saturated carbocycles. The Morgan fingerprint density at radius 1 is 1.22 bits per heavy atom. The van der Waals surface area contributed by atoms with Gasteiger partial charge in [0.25, 0.3) is 0 Å². The summed E-state index contributed by atoms with van der Waals surface area (Å²) in [6.45, 7) is 4.81. The SMILES string of the molecule is CC(C)n1cnc2c(NCCc3ccc(O)cc3)nc(Cl)nc21. The second-order valence-corrected chi connectivity index (χ2v) is 5.94. The van der Waals surface area contributed by atoms with Gasteiger partial charge in [-0.2, -0.15) is 9.97 Å². The summed E-state index contributed by atoms with van der Waals surface area (Å²) in [7, 11) is 0. The molecule has 23 heavy (non-hydrogen) atoms. The van der Waals surface area contributed by atoms with Crippen LogP contribution in [0.5, 0.6) is 5.75 Å². The van der Waals surface area contributed by atoms with Gasteiger partial charge in [-0.1, -0.05) is 12.1 Å². The second-order valence-electron chi connectivity index (χ2n) is 5.60. The van der Waals surface area contributed by atoms with Crippen molar-refractivity contribution in [1.29, 1.82) is 0 Å². The van der Waals surface area contributed by atoms with Gasteiger partial charge in [-0.3, -0.25) is 0 Å². The van der Waals surface area contributed by atoms with Crippen LogP contribution in [0.4, 0.5) is 5.82 Å². The minimum atomic E-state index is 0.201. The molecule has 2 N–H and O–H groups in total. The number of hydrogen-bond donors (Lipinski definition) is 2. The van der Waals surface area contributed by atoms with Crippen molar-refractivity contribution in [3.63, 3.8) is 0 Å². The average molecular weight is 332 g/mol. The topological polar surface area (TPSA) is 75.9 Å². The van der Waals surface area contributed by atoms with Gasteiger partial charge in [-0.25, -0.2) is 4.98 Å². The van der Waals surface area contributed by atoms with E-state index in [9.17, 15) is 5.11 Å². The second kappa shape index (κ2) is 6.42. The average Bonchev–Trinajstić information content (AvgIpc) is 2.93. The summed E-state index contributed by atoms with van der Waals surface area (Å²) in [6.07, 6.45) is 2.56. The molecule has 0 radical (unpaired) electrons. The highest BCUT2D eigenvalue weighted by molar-refractivity contribution is 6.28. The van der Waals surface area contributed by atoms with E-state index in [0.717, 1.165) is 17.6 Å². The Balaban J connectivity index is 1.78. The maximum Gasteiger partial charge on any atom is 0.226 e. The van der Waals surface area contributed by atoms with E-state index >= 15 is 0 Å². The molecular formula is C16H18ClN5O. The lowest BCUT2D eigenvalue weighted by Gasteiger charge is -2.09. The van der Waals surface area contributed by atoms with Crippen LogP contribution in [0.3, 0.4) is 0 Å². The number of rotatable bonds is 5. The number of hydrogen-bond acceptors (Lipinski definition) is 5. The maximum absolute atomic E-state index is 9.30. The molecule has 0 aliphatic rings. The van der Waals surface area contributed by atoms with Crippen molar-refractivity contribution >= 4 is 28.6 Å². The van der Waals surface area contributed by atoms with Crippen LogP contribution in [0, 0.1) is 0 Å². The molecule has 2 aromatic heterocycles. The number of imidazole rings is 1. The summed E-state index contributed by atoms with van der Waals surface area (Å²) in [5, 5.41) is 12.8. The van der Waals surface area contributed by atoms with Gasteiger partial charge < -0.3 is 15.0 Å². The lowest BCUT2D eigenvalue weighted by molar-refractivity contribution is 0.475. The van der Waals surface area contributed by atoms with E-state index < -0.39 is 0 Å². The van der Waals surface area contributed by atoms with Crippen LogP contribution < -0.4 is 5.32 Å². The zero-order valence-electron chi connectivity index (χ0n) is 13.0. The molecule has 2 heterocycles. The highest BCUT2D eigenvalue weighted by atomic mass is 35.5. The van der Waals surface area contributed by atoms with E-state index in [1.807, 2.05) is 16.7 Å². The third-order valence-corrected chi connectivity index (χ3v) is 3.76. The van der Waals surface area contributed by atoms with Crippen LogP contribution >= 0.6 is 11.6 Å². The van der Waals surface area contributed by atoms with Gasteiger partial charge in [0.2, 0.25) is 5.28 Å². The normalized spacial score (nSPS) is 11.3. The number of anilines is 1. The monoisotopic (exact) mass is 331 g/mol. The summed E-state index contributed by atoms with van der Waals surface area (Å²) in [6, 6.07) is 7.40. The molecule has 0 amide bonds. The number of aromatic hydroxyl groups is 1. The molecule has 6 nitrogen and oxygen atoms in total. The van der Waals surface area contributed by atoms with E-state index in [0.29, 0.717) is 17.9 Å². The number of nitrogens with one attached hydrogen (secondary N) is 1. The first kappa shape index (κ1) is 15.6. The summed E-state index contributed by atoms with van der Waals surface area (Å²) < 4.78 is 1.97. The third kappa shape index (κ3) is 3.37. The van der Waals surface area contributed by atoms with Crippen LogP contribution in [0.15, 0.2) is 30.6 Å². The molecule has 120 valence electrons. The lowest BCUT2D eigenvalue weighted by Crippen LogP contribution is -2.08. The molecule has 0 fully saturated rings. The molecule has 3 aromatic rings. The summed E-state index contributed by atoms with van der Waals surface area (Å²) in [4.78, 5) is 12.9. The molecular weight excluding hydrogens is 314 g/mol. The predicted molar refractivity (Wildman–Crippen MR) is 91.0 cm³/mol. The Morgan fingerprint density at radius 3 is 2.65 bits per heavy atom. The minimum Gasteiger partial charge on any atom is -0.508 e. The molecule has 0 aliphatic carbocycles. The first-order valence-corrected chi connectivity index (χ1v) is 7.84. The largest absolute Gasteiger partial charge is 0.508 e. The van der Waals surface area contributed by atoms with Crippen molar-refractivity contribution in [2.45, 2.75) is 26.3 Å². The van der Waals surface area contributed by atoms with Crippen molar-refractivity contribution in [2.24, 2.45) is 0 Å². The van der Waals surface area contributed by atoms with Crippen LogP contribution in [-0.2, 0) is 6.42 Å². The molecule has 7 heteroatoms. The Labute approximate surface area is 139 Å². The maximum atomic E-state index is 9.30. The highest BCUT2D eigenvalue weighted by Crippen LogP contribution is 2.23. The number of aromatic nitrogens is 4. The van der Waals surface area contributed by atoms with Crippen molar-refractivity contribution in [3.05, 3.63) is 41.4 Å². The molecule has 1 aromatic carbocycles. The molecule has 0 unspecified atom stereocenters. The Bertz CT molecular complexity index is 813.